The van der Waals surface area contributed by atoms with Gasteiger partial charge in [-0.2, -0.15) is 34.0 Å². The molecule has 4 heterocycles. The van der Waals surface area contributed by atoms with E-state index in [-0.39, 0.29) is 78.4 Å². The van der Waals surface area contributed by atoms with Crippen molar-refractivity contribution < 1.29 is 66.2 Å². The molecular formula is C55H81F2N9O12. The van der Waals surface area contributed by atoms with Crippen molar-refractivity contribution in [1.82, 2.24) is 39.3 Å². The number of carbonyl (C=O) groups is 4. The summed E-state index contributed by atoms with van der Waals surface area (Å²) >= 11 is 0. The van der Waals surface area contributed by atoms with Crippen LogP contribution in [0.5, 0.6) is 5.75 Å². The predicted molar refractivity (Wildman–Crippen MR) is 279 cm³/mol. The van der Waals surface area contributed by atoms with E-state index in [4.69, 9.17) is 38.2 Å². The number of aromatic nitrogens is 1. The lowest BCUT2D eigenvalue weighted by atomic mass is 9.95. The molecule has 21 nitrogen and oxygen atoms in total. The predicted octanol–water partition coefficient (Wildman–Crippen LogP) is 4.02. The number of carbonyl (C=O) groups excluding carboxylic acids is 10. The highest BCUT2D eigenvalue weighted by Crippen LogP contribution is 2.33. The molecule has 0 unspecified atom stereocenters. The first-order chi connectivity index (χ1) is 36.6. The number of likely N-dealkylation sites (tertiary alicyclic amines) is 1. The largest absolute Gasteiger partial charge is 0.494 e. The zero-order valence-electron chi connectivity index (χ0n) is 47.1. The van der Waals surface area contributed by atoms with Crippen molar-refractivity contribution in [1.29, 1.82) is 5.26 Å². The number of esters is 1. The van der Waals surface area contributed by atoms with Crippen LogP contribution in [0, 0.1) is 27.6 Å². The number of benzene rings is 1. The smallest absolute Gasteiger partial charge is 0.373 e. The van der Waals surface area contributed by atoms with Crippen molar-refractivity contribution in [3.8, 4) is 11.8 Å². The maximum Gasteiger partial charge on any atom is 0.373 e. The summed E-state index contributed by atoms with van der Waals surface area (Å²) in [6.45, 7) is 33.3. The summed E-state index contributed by atoms with van der Waals surface area (Å²) in [5.41, 5.74) is 1.40. The van der Waals surface area contributed by atoms with Gasteiger partial charge in [-0.15, -0.1) is 0 Å². The van der Waals surface area contributed by atoms with E-state index in [2.05, 4.69) is 91.8 Å². The number of fused-ring (bicyclic) bond motifs is 1. The van der Waals surface area contributed by atoms with E-state index < -0.39 is 30.8 Å². The Bertz CT molecular complexity index is 2310. The molecule has 3 aliphatic heterocycles. The van der Waals surface area contributed by atoms with Crippen LogP contribution in [0.3, 0.4) is 0 Å². The maximum atomic E-state index is 13.9. The molecule has 1 aromatic carbocycles. The number of ketones is 1. The van der Waals surface area contributed by atoms with Gasteiger partial charge >= 0.3 is 24.4 Å². The third-order valence-corrected chi connectivity index (χ3v) is 12.7. The number of hydrogen-bond acceptors (Lipinski definition) is 19. The Kier molecular flexibility index (Phi) is 29.0. The van der Waals surface area contributed by atoms with Gasteiger partial charge in [0.25, 0.3) is 11.8 Å². The van der Waals surface area contributed by atoms with Gasteiger partial charge in [0.15, 0.2) is 12.4 Å². The molecular weight excluding hydrogens is 1020 g/mol. The number of halogens is 2. The van der Waals surface area contributed by atoms with Crippen molar-refractivity contribution in [3.05, 3.63) is 36.0 Å². The summed E-state index contributed by atoms with van der Waals surface area (Å²) < 4.78 is 39.5. The van der Waals surface area contributed by atoms with Crippen molar-refractivity contribution in [3.63, 3.8) is 0 Å². The van der Waals surface area contributed by atoms with Crippen LogP contribution in [0.4, 0.5) is 8.78 Å². The quantitative estimate of drug-likeness (QED) is 0.131. The molecule has 3 aliphatic rings. The Morgan fingerprint density at radius 2 is 1.14 bits per heavy atom. The molecule has 2 amide bonds. The topological polar surface area (TPSA) is 249 Å². The number of hydrogen-bond donors (Lipinski definition) is 0. The lowest BCUT2D eigenvalue weighted by molar-refractivity contribution is -0.193. The Morgan fingerprint density at radius 1 is 0.667 bits per heavy atom. The third kappa shape index (κ3) is 26.9. The van der Waals surface area contributed by atoms with E-state index in [1.807, 2.05) is 0 Å². The second-order valence-electron chi connectivity index (χ2n) is 23.3. The van der Waals surface area contributed by atoms with Crippen molar-refractivity contribution in [2.75, 3.05) is 131 Å². The SMILES string of the molecule is CC(C)(C)CN1CCN(CC(=O)OCC(=O)N2CCN(CCCOc3ccc4nccc(C(=O)CCC(=O)N5CC(F)(F)C[C@H]5C#N)c4c3)CC2)CCN(CC(C)(C)C)CCN(CC(C)(C)C)CC1.O=C=O.O=C=O.O=C=O. The molecule has 2 aromatic rings. The highest BCUT2D eigenvalue weighted by molar-refractivity contribution is 6.08. The number of amides is 2. The summed E-state index contributed by atoms with van der Waals surface area (Å²) in [4.78, 5) is 121. The molecule has 1 aromatic heterocycles. The molecule has 23 heteroatoms. The van der Waals surface area contributed by atoms with Gasteiger partial charge < -0.3 is 34.0 Å². The average Bonchev–Trinajstić information content (AvgIpc) is 3.68. The fourth-order valence-electron chi connectivity index (χ4n) is 9.54. The first-order valence-corrected chi connectivity index (χ1v) is 26.2. The first-order valence-electron chi connectivity index (χ1n) is 26.2. The highest BCUT2D eigenvalue weighted by atomic mass is 19.3. The Hall–Kier alpha value is -6.20. The minimum atomic E-state index is -3.12. The second kappa shape index (κ2) is 33.3. The number of nitrogens with zero attached hydrogens (tertiary/aromatic N) is 9. The van der Waals surface area contributed by atoms with Gasteiger partial charge in [0.05, 0.1) is 31.3 Å². The first kappa shape index (κ1) is 67.9. The van der Waals surface area contributed by atoms with Gasteiger partial charge in [0, 0.05) is 141 Å². The number of ether oxygens (including phenoxy) is 2. The van der Waals surface area contributed by atoms with E-state index in [0.29, 0.717) is 55.0 Å². The summed E-state index contributed by atoms with van der Waals surface area (Å²) in [6.07, 6.45) is 1.80. The van der Waals surface area contributed by atoms with Crippen LogP contribution < -0.4 is 4.74 Å². The second-order valence-corrected chi connectivity index (χ2v) is 23.3. The Morgan fingerprint density at radius 3 is 1.62 bits per heavy atom. The molecule has 3 saturated heterocycles. The molecule has 5 rings (SSSR count). The van der Waals surface area contributed by atoms with E-state index in [0.717, 1.165) is 89.9 Å². The van der Waals surface area contributed by atoms with Crippen LogP contribution in [0.15, 0.2) is 30.5 Å². The molecule has 0 N–H and O–H groups in total. The molecule has 0 saturated carbocycles. The lowest BCUT2D eigenvalue weighted by Gasteiger charge is -2.38. The fraction of sp³-hybridized carbons (Fsp3) is 0.691. The summed E-state index contributed by atoms with van der Waals surface area (Å²) in [7, 11) is 0. The fourth-order valence-corrected chi connectivity index (χ4v) is 9.54. The molecule has 0 bridgehead atoms. The van der Waals surface area contributed by atoms with Crippen LogP contribution in [0.1, 0.15) is 98.4 Å². The number of nitriles is 1. The molecule has 78 heavy (non-hydrogen) atoms. The Balaban J connectivity index is 0.00000216. The summed E-state index contributed by atoms with van der Waals surface area (Å²) in [6, 6.07) is 7.41. The number of Topliss-reactive ketones (excluding diaryl/α,β-unsaturated/α-hetero) is 1. The third-order valence-electron chi connectivity index (χ3n) is 12.7. The van der Waals surface area contributed by atoms with E-state index in [1.165, 1.54) is 6.20 Å². The zero-order valence-corrected chi connectivity index (χ0v) is 47.1. The normalized spacial score (nSPS) is 18.3. The summed E-state index contributed by atoms with van der Waals surface area (Å²) in [5, 5.41) is 9.81. The van der Waals surface area contributed by atoms with Gasteiger partial charge in [-0.3, -0.25) is 34.0 Å². The molecule has 0 spiro atoms. The van der Waals surface area contributed by atoms with Crippen LogP contribution in [0.2, 0.25) is 0 Å². The van der Waals surface area contributed by atoms with Gasteiger partial charge in [0.2, 0.25) is 5.91 Å². The van der Waals surface area contributed by atoms with Crippen LogP contribution >= 0.6 is 0 Å². The summed E-state index contributed by atoms with van der Waals surface area (Å²) in [5.74, 6) is -4.12. The number of piperazine rings is 1. The zero-order chi connectivity index (χ0) is 58.7. The van der Waals surface area contributed by atoms with Crippen molar-refractivity contribution in [2.45, 2.75) is 100.0 Å². The van der Waals surface area contributed by atoms with Gasteiger partial charge in [0.1, 0.15) is 11.8 Å². The van der Waals surface area contributed by atoms with Crippen LogP contribution in [-0.4, -0.2) is 224 Å². The van der Waals surface area contributed by atoms with Crippen molar-refractivity contribution in [2.24, 2.45) is 16.2 Å². The van der Waals surface area contributed by atoms with Gasteiger partial charge in [-0.05, 0) is 46.9 Å². The average molecular weight is 1100 g/mol. The minimum absolute atomic E-state index is 0.137. The van der Waals surface area contributed by atoms with Crippen molar-refractivity contribution >= 4 is 52.9 Å². The molecule has 432 valence electrons. The number of rotatable bonds is 16. The minimum Gasteiger partial charge on any atom is -0.494 e. The number of pyridine rings is 1. The van der Waals surface area contributed by atoms with E-state index >= 15 is 0 Å². The number of alkyl halides is 2. The Labute approximate surface area is 457 Å². The van der Waals surface area contributed by atoms with Crippen LogP contribution in [-0.2, 0) is 47.9 Å². The lowest BCUT2D eigenvalue weighted by Crippen LogP contribution is -2.50. The van der Waals surface area contributed by atoms with Gasteiger partial charge in [-0.1, -0.05) is 62.3 Å². The highest BCUT2D eigenvalue weighted by Gasteiger charge is 2.47. The monoisotopic (exact) mass is 1100 g/mol. The molecule has 0 radical (unpaired) electrons. The molecule has 0 aliphatic carbocycles. The molecule has 1 atom stereocenters. The standard InChI is InChI=1S/C52H81F2N9O6.3CO2/c1-49(2,3)36-59-20-18-58(19-21-60(37-50(4,5)6)23-25-61(24-22-59)38-51(7,8)9)34-48(67)69-35-47(66)62-28-26-57(27-29-62)17-10-30-68-41-11-12-44-43(31-41)42(15-16-56-44)45(64)13-14-46(65)63-39-52(53,54)32-40(63)33-55;3*2-1-3/h11-12,15-16,31,40H,10,13-14,17-30,32,34-39H2,1-9H3;;;/t40-;;;/m0.../s1. The maximum absolute atomic E-state index is 13.9. The van der Waals surface area contributed by atoms with Gasteiger partial charge in [-0.25, -0.2) is 8.78 Å². The van der Waals surface area contributed by atoms with Crippen LogP contribution in [0.25, 0.3) is 10.9 Å². The molecule has 3 fully saturated rings. The van der Waals surface area contributed by atoms with E-state index in [1.54, 1.807) is 35.2 Å². The van der Waals surface area contributed by atoms with E-state index in [9.17, 15) is 33.2 Å².